The van der Waals surface area contributed by atoms with E-state index in [-0.39, 0.29) is 5.97 Å². The van der Waals surface area contributed by atoms with Crippen molar-refractivity contribution in [3.8, 4) is 0 Å². The van der Waals surface area contributed by atoms with Crippen LogP contribution in [0.2, 0.25) is 0 Å². The number of pyridine rings is 1. The van der Waals surface area contributed by atoms with Crippen LogP contribution in [-0.2, 0) is 9.47 Å². The molecule has 2 heterocycles. The van der Waals surface area contributed by atoms with Gasteiger partial charge in [0.05, 0.1) is 7.11 Å². The van der Waals surface area contributed by atoms with Crippen LogP contribution < -0.4 is 10.8 Å². The maximum atomic E-state index is 11.7. The van der Waals surface area contributed by atoms with Gasteiger partial charge in [0.2, 0.25) is 0 Å². The van der Waals surface area contributed by atoms with Crippen molar-refractivity contribution in [1.29, 1.82) is 0 Å². The summed E-state index contributed by atoms with van der Waals surface area (Å²) in [7, 11) is 3.28. The lowest BCUT2D eigenvalue weighted by atomic mass is 9.96. The minimum absolute atomic E-state index is 0.303. The molecule has 0 aromatic carbocycles. The zero-order chi connectivity index (χ0) is 13.0. The zero-order valence-corrected chi connectivity index (χ0v) is 10.7. The summed E-state index contributed by atoms with van der Waals surface area (Å²) in [6.45, 7) is 1.49. The molecule has 0 bridgehead atoms. The maximum Gasteiger partial charge on any atom is 0.341 e. The molecule has 1 fully saturated rings. The lowest BCUT2D eigenvalue weighted by molar-refractivity contribution is 0.0601. The molecule has 6 heteroatoms. The number of anilines is 1. The second-order valence-electron chi connectivity index (χ2n) is 4.43. The Labute approximate surface area is 107 Å². The van der Waals surface area contributed by atoms with Crippen molar-refractivity contribution < 1.29 is 14.3 Å². The van der Waals surface area contributed by atoms with E-state index in [0.29, 0.717) is 17.4 Å². The minimum Gasteiger partial charge on any atom is -0.465 e. The number of hydrogen-bond donors (Lipinski definition) is 1. The van der Waals surface area contributed by atoms with Crippen LogP contribution >= 0.6 is 0 Å². The van der Waals surface area contributed by atoms with E-state index in [0.717, 1.165) is 31.5 Å². The third kappa shape index (κ3) is 3.01. The smallest absolute Gasteiger partial charge is 0.341 e. The molecule has 0 aliphatic carbocycles. The summed E-state index contributed by atoms with van der Waals surface area (Å²) in [4.78, 5) is 16.0. The van der Waals surface area contributed by atoms with E-state index in [1.165, 1.54) is 7.11 Å². The van der Waals surface area contributed by atoms with Gasteiger partial charge >= 0.3 is 5.97 Å². The quantitative estimate of drug-likeness (QED) is 0.588. The second-order valence-corrected chi connectivity index (χ2v) is 4.43. The number of nitrogens with zero attached hydrogens (tertiary/aromatic N) is 1. The van der Waals surface area contributed by atoms with Crippen LogP contribution in [0, 0.1) is 0 Å². The van der Waals surface area contributed by atoms with Crippen molar-refractivity contribution in [1.82, 2.24) is 4.98 Å². The van der Waals surface area contributed by atoms with Crippen LogP contribution in [0.3, 0.4) is 0 Å². The number of esters is 1. The van der Waals surface area contributed by atoms with Crippen LogP contribution in [0.5, 0.6) is 0 Å². The van der Waals surface area contributed by atoms with E-state index >= 15 is 0 Å². The molecule has 1 N–H and O–H groups in total. The Morgan fingerprint density at radius 3 is 2.94 bits per heavy atom. The second kappa shape index (κ2) is 5.86. The molecular weight excluding hydrogens is 231 g/mol. The topological polar surface area (TPSA) is 60.5 Å². The largest absolute Gasteiger partial charge is 0.465 e. The molecular formula is C12H17BN2O3. The summed E-state index contributed by atoms with van der Waals surface area (Å²) in [6, 6.07) is 2.10. The summed E-state index contributed by atoms with van der Waals surface area (Å²) < 4.78 is 10.1. The molecule has 96 valence electrons. The van der Waals surface area contributed by atoms with E-state index in [9.17, 15) is 4.79 Å². The number of ether oxygens (including phenoxy) is 2. The van der Waals surface area contributed by atoms with Gasteiger partial charge in [0.15, 0.2) is 0 Å². The van der Waals surface area contributed by atoms with Gasteiger partial charge in [-0.1, -0.05) is 5.46 Å². The number of methoxy groups -OCH3 is 1. The number of rotatable bonds is 3. The van der Waals surface area contributed by atoms with E-state index in [2.05, 4.69) is 10.3 Å². The monoisotopic (exact) mass is 248 g/mol. The molecule has 1 aliphatic rings. The predicted octanol–water partition coefficient (Wildman–Crippen LogP) is -0.282. The number of nitrogens with one attached hydrogen (secondary N) is 1. The molecule has 0 saturated carbocycles. The van der Waals surface area contributed by atoms with Crippen LogP contribution in [0.4, 0.5) is 5.82 Å². The predicted molar refractivity (Wildman–Crippen MR) is 71.2 cm³/mol. The van der Waals surface area contributed by atoms with Crippen molar-refractivity contribution in [3.63, 3.8) is 0 Å². The first-order valence-electron chi connectivity index (χ1n) is 6.10. The molecule has 1 aromatic rings. The highest BCUT2D eigenvalue weighted by molar-refractivity contribution is 6.32. The molecule has 5 nitrogen and oxygen atoms in total. The standard InChI is InChI=1S/C12H17BN2O3/c1-17-12(16)10-6-8(13)7-14-11(10)15-9-2-4-18-5-3-9/h6-7,9H,2-5,13H2,1H3,(H,14,15). The fourth-order valence-corrected chi connectivity index (χ4v) is 1.99. The Bertz CT molecular complexity index is 433. The Morgan fingerprint density at radius 2 is 2.28 bits per heavy atom. The van der Waals surface area contributed by atoms with Gasteiger partial charge in [-0.25, -0.2) is 9.78 Å². The molecule has 1 saturated heterocycles. The molecule has 0 unspecified atom stereocenters. The Hall–Kier alpha value is -1.56. The average Bonchev–Trinajstić information content (AvgIpc) is 2.41. The first kappa shape index (κ1) is 12.9. The average molecular weight is 248 g/mol. The van der Waals surface area contributed by atoms with Crippen molar-refractivity contribution in [2.45, 2.75) is 18.9 Å². The molecule has 1 aromatic heterocycles. The van der Waals surface area contributed by atoms with Crippen molar-refractivity contribution in [2.24, 2.45) is 0 Å². The van der Waals surface area contributed by atoms with Gasteiger partial charge in [0.1, 0.15) is 19.2 Å². The first-order valence-corrected chi connectivity index (χ1v) is 6.10. The molecule has 2 rings (SSSR count). The van der Waals surface area contributed by atoms with Gasteiger partial charge in [0, 0.05) is 25.5 Å². The van der Waals surface area contributed by atoms with Crippen molar-refractivity contribution in [3.05, 3.63) is 17.8 Å². The van der Waals surface area contributed by atoms with Gasteiger partial charge in [0.25, 0.3) is 0 Å². The third-order valence-corrected chi connectivity index (χ3v) is 2.99. The van der Waals surface area contributed by atoms with Gasteiger partial charge in [-0.2, -0.15) is 0 Å². The van der Waals surface area contributed by atoms with Crippen LogP contribution in [0.1, 0.15) is 23.2 Å². The summed E-state index contributed by atoms with van der Waals surface area (Å²) >= 11 is 0. The highest BCUT2D eigenvalue weighted by Crippen LogP contribution is 2.17. The number of aromatic nitrogens is 1. The highest BCUT2D eigenvalue weighted by atomic mass is 16.5. The van der Waals surface area contributed by atoms with Crippen molar-refractivity contribution >= 4 is 25.1 Å². The minimum atomic E-state index is -0.360. The SMILES string of the molecule is Bc1cnc(NC2CCOCC2)c(C(=O)OC)c1. The Morgan fingerprint density at radius 1 is 1.56 bits per heavy atom. The Balaban J connectivity index is 2.17. The number of carbonyl (C=O) groups excluding carboxylic acids is 1. The normalized spacial score (nSPS) is 16.3. The molecule has 0 amide bonds. The number of carbonyl (C=O) groups is 1. The lowest BCUT2D eigenvalue weighted by Gasteiger charge is -2.24. The number of hydrogen-bond acceptors (Lipinski definition) is 5. The van der Waals surface area contributed by atoms with E-state index in [1.54, 1.807) is 12.3 Å². The maximum absolute atomic E-state index is 11.7. The first-order chi connectivity index (χ1) is 8.70. The third-order valence-electron chi connectivity index (χ3n) is 2.99. The summed E-state index contributed by atoms with van der Waals surface area (Å²) in [5, 5.41) is 3.30. The van der Waals surface area contributed by atoms with Crippen LogP contribution in [-0.4, -0.2) is 45.2 Å². The summed E-state index contributed by atoms with van der Waals surface area (Å²) in [5.41, 5.74) is 1.43. The van der Waals surface area contributed by atoms with E-state index in [1.807, 2.05) is 7.85 Å². The highest BCUT2D eigenvalue weighted by Gasteiger charge is 2.18. The molecule has 18 heavy (non-hydrogen) atoms. The fourth-order valence-electron chi connectivity index (χ4n) is 1.99. The Kier molecular flexibility index (Phi) is 4.20. The molecule has 0 radical (unpaired) electrons. The summed E-state index contributed by atoms with van der Waals surface area (Å²) in [6.07, 6.45) is 3.60. The van der Waals surface area contributed by atoms with Gasteiger partial charge < -0.3 is 14.8 Å². The zero-order valence-electron chi connectivity index (χ0n) is 10.7. The van der Waals surface area contributed by atoms with Gasteiger partial charge in [-0.3, -0.25) is 0 Å². The van der Waals surface area contributed by atoms with Gasteiger partial charge in [-0.15, -0.1) is 0 Å². The van der Waals surface area contributed by atoms with Crippen LogP contribution in [0.15, 0.2) is 12.3 Å². The molecule has 1 aliphatic heterocycles. The molecule has 0 spiro atoms. The fraction of sp³-hybridized carbons (Fsp3) is 0.500. The summed E-state index contributed by atoms with van der Waals surface area (Å²) in [5.74, 6) is 0.236. The van der Waals surface area contributed by atoms with Crippen LogP contribution in [0.25, 0.3) is 0 Å². The van der Waals surface area contributed by atoms with Crippen molar-refractivity contribution in [2.75, 3.05) is 25.6 Å². The van der Waals surface area contributed by atoms with E-state index in [4.69, 9.17) is 9.47 Å². The lowest BCUT2D eigenvalue weighted by Crippen LogP contribution is -2.29. The molecule has 0 atom stereocenters. The van der Waals surface area contributed by atoms with E-state index < -0.39 is 0 Å². The van der Waals surface area contributed by atoms with Gasteiger partial charge in [-0.05, 0) is 18.9 Å².